The summed E-state index contributed by atoms with van der Waals surface area (Å²) < 4.78 is 72.8. The van der Waals surface area contributed by atoms with Crippen LogP contribution in [0.25, 0.3) is 0 Å². The third-order valence-electron chi connectivity index (χ3n) is 7.50. The van der Waals surface area contributed by atoms with Crippen LogP contribution >= 0.6 is 0 Å². The number of hydrogen-bond donors (Lipinski definition) is 3. The van der Waals surface area contributed by atoms with E-state index in [9.17, 15) is 18.8 Å². The first-order valence-electron chi connectivity index (χ1n) is 12.9. The third kappa shape index (κ3) is 5.48. The second kappa shape index (κ2) is 11.2. The van der Waals surface area contributed by atoms with Crippen molar-refractivity contribution in [3.8, 4) is 0 Å². The molecule has 0 spiro atoms. The molecule has 2 aliphatic rings. The Hall–Kier alpha value is -3.15. The smallest absolute Gasteiger partial charge is 0.423 e. The van der Waals surface area contributed by atoms with Crippen LogP contribution in [0.15, 0.2) is 48.5 Å². The van der Waals surface area contributed by atoms with Gasteiger partial charge in [-0.2, -0.15) is 0 Å². The molecule has 2 heterocycles. The van der Waals surface area contributed by atoms with Crippen LogP contribution in [0.2, 0.25) is 0 Å². The number of nitrogens with one attached hydrogen (secondary N) is 1. The first-order chi connectivity index (χ1) is 18.7. The van der Waals surface area contributed by atoms with E-state index < -0.39 is 49.1 Å². The van der Waals surface area contributed by atoms with E-state index in [0.29, 0.717) is 43.6 Å². The van der Waals surface area contributed by atoms with Crippen LogP contribution in [0.3, 0.4) is 0 Å². The van der Waals surface area contributed by atoms with Gasteiger partial charge in [0.05, 0.1) is 30.0 Å². The molecule has 1 fully saturated rings. The quantitative estimate of drug-likeness (QED) is 0.296. The van der Waals surface area contributed by atoms with Crippen LogP contribution in [0.5, 0.6) is 0 Å². The molecule has 2 atom stereocenters. The molecule has 5 rings (SSSR count). The molecule has 0 aromatic heterocycles. The highest BCUT2D eigenvalue weighted by molar-refractivity contribution is 6.58. The van der Waals surface area contributed by atoms with Crippen LogP contribution in [0, 0.1) is 23.3 Å². The number of nitrogens with zero attached hydrogens (tertiary/aromatic N) is 2. The van der Waals surface area contributed by atoms with Crippen molar-refractivity contribution in [1.82, 2.24) is 4.90 Å². The molecule has 39 heavy (non-hydrogen) atoms. The van der Waals surface area contributed by atoms with Crippen LogP contribution in [-0.2, 0) is 6.42 Å². The zero-order valence-electron chi connectivity index (χ0n) is 21.3. The number of halogens is 5. The van der Waals surface area contributed by atoms with Crippen molar-refractivity contribution in [2.24, 2.45) is 0 Å². The minimum atomic E-state index is -1.73. The summed E-state index contributed by atoms with van der Waals surface area (Å²) in [5.41, 5.74) is 1.29. The molecule has 3 N–H and O–H groups in total. The Bertz CT molecular complexity index is 1330. The number of hydrogen-bond acceptors (Lipinski definition) is 5. The van der Waals surface area contributed by atoms with Gasteiger partial charge in [0.2, 0.25) is 0 Å². The van der Waals surface area contributed by atoms with Gasteiger partial charge in [0.25, 0.3) is 0 Å². The Morgan fingerprint density at radius 2 is 1.67 bits per heavy atom. The molecule has 11 heteroatoms. The van der Waals surface area contributed by atoms with Gasteiger partial charge in [-0.15, -0.1) is 0 Å². The Balaban J connectivity index is 1.54. The second-order valence-corrected chi connectivity index (χ2v) is 10.3. The first kappa shape index (κ1) is 27.4. The maximum atomic E-state index is 15.8. The van der Waals surface area contributed by atoms with Crippen molar-refractivity contribution < 1.29 is 32.0 Å². The van der Waals surface area contributed by atoms with Gasteiger partial charge in [-0.3, -0.25) is 9.29 Å². The third-order valence-corrected chi connectivity index (χ3v) is 7.50. The summed E-state index contributed by atoms with van der Waals surface area (Å²) >= 11 is 0. The van der Waals surface area contributed by atoms with Gasteiger partial charge in [0, 0.05) is 37.4 Å². The number of rotatable bonds is 8. The van der Waals surface area contributed by atoms with E-state index >= 15 is 13.2 Å². The van der Waals surface area contributed by atoms with Crippen LogP contribution in [0.1, 0.15) is 36.1 Å². The summed E-state index contributed by atoms with van der Waals surface area (Å²) in [5, 5.41) is 22.4. The fraction of sp³-hybridized carbons (Fsp3) is 0.357. The van der Waals surface area contributed by atoms with Crippen LogP contribution in [0.4, 0.5) is 33.3 Å². The molecule has 0 aliphatic carbocycles. The number of benzene rings is 3. The van der Waals surface area contributed by atoms with Crippen molar-refractivity contribution in [2.45, 2.75) is 37.9 Å². The number of fused-ring (bicyclic) bond motifs is 1. The van der Waals surface area contributed by atoms with Crippen LogP contribution in [-0.4, -0.2) is 60.5 Å². The highest BCUT2D eigenvalue weighted by atomic mass is 19.1. The maximum Gasteiger partial charge on any atom is 0.488 e. The Morgan fingerprint density at radius 3 is 2.31 bits per heavy atom. The largest absolute Gasteiger partial charge is 0.488 e. The van der Waals surface area contributed by atoms with E-state index in [0.717, 1.165) is 12.1 Å². The zero-order valence-corrected chi connectivity index (χ0v) is 21.3. The molecule has 3 aromatic rings. The maximum absolute atomic E-state index is 15.8. The average Bonchev–Trinajstić information content (AvgIpc) is 2.85. The Kier molecular flexibility index (Phi) is 7.84. The summed E-state index contributed by atoms with van der Waals surface area (Å²) in [5.74, 6) is -3.31. The summed E-state index contributed by atoms with van der Waals surface area (Å²) in [6, 6.07) is 8.44. The molecule has 0 bridgehead atoms. The zero-order chi connectivity index (χ0) is 27.8. The van der Waals surface area contributed by atoms with E-state index in [-0.39, 0.29) is 28.4 Å². The van der Waals surface area contributed by atoms with Crippen molar-refractivity contribution in [3.63, 3.8) is 0 Å². The molecular formula is C28H29BF5N3O2. The lowest BCUT2D eigenvalue weighted by Crippen LogP contribution is -2.54. The normalized spacial score (nSPS) is 19.5. The molecular weight excluding hydrogens is 516 g/mol. The van der Waals surface area contributed by atoms with Gasteiger partial charge in [-0.05, 0) is 60.6 Å². The number of anilines is 2. The van der Waals surface area contributed by atoms with Gasteiger partial charge in [0.15, 0.2) is 0 Å². The lowest BCUT2D eigenvalue weighted by Gasteiger charge is -2.44. The van der Waals surface area contributed by atoms with E-state index in [1.165, 1.54) is 29.2 Å². The lowest BCUT2D eigenvalue weighted by atomic mass is 9.75. The summed E-state index contributed by atoms with van der Waals surface area (Å²) in [4.78, 5) is 3.58. The predicted molar refractivity (Wildman–Crippen MR) is 141 cm³/mol. The molecule has 0 radical (unpaired) electrons. The van der Waals surface area contributed by atoms with E-state index in [1.807, 2.05) is 4.90 Å². The van der Waals surface area contributed by atoms with E-state index in [4.69, 9.17) is 0 Å². The minimum absolute atomic E-state index is 0.00494. The van der Waals surface area contributed by atoms with Gasteiger partial charge in [0.1, 0.15) is 23.3 Å². The van der Waals surface area contributed by atoms with Gasteiger partial charge >= 0.3 is 7.12 Å². The number of alkyl halides is 1. The highest BCUT2D eigenvalue weighted by Crippen LogP contribution is 2.44. The number of likely N-dealkylation sites (tertiary alicyclic amines) is 1. The molecule has 5 nitrogen and oxygen atoms in total. The monoisotopic (exact) mass is 545 g/mol. The molecule has 1 saturated heterocycles. The first-order valence-corrected chi connectivity index (χ1v) is 12.9. The fourth-order valence-corrected chi connectivity index (χ4v) is 5.70. The summed E-state index contributed by atoms with van der Waals surface area (Å²) in [6.07, 6.45) is 0.766. The average molecular weight is 545 g/mol. The van der Waals surface area contributed by atoms with E-state index in [1.54, 1.807) is 19.1 Å². The van der Waals surface area contributed by atoms with Gasteiger partial charge < -0.3 is 20.3 Å². The molecule has 2 aliphatic heterocycles. The van der Waals surface area contributed by atoms with Crippen molar-refractivity contribution in [1.29, 1.82) is 0 Å². The van der Waals surface area contributed by atoms with Crippen LogP contribution < -0.4 is 15.7 Å². The van der Waals surface area contributed by atoms with Crippen molar-refractivity contribution in [2.75, 3.05) is 36.5 Å². The lowest BCUT2D eigenvalue weighted by molar-refractivity contribution is 0.155. The van der Waals surface area contributed by atoms with Crippen molar-refractivity contribution >= 4 is 24.0 Å². The van der Waals surface area contributed by atoms with Gasteiger partial charge in [-0.1, -0.05) is 18.2 Å². The summed E-state index contributed by atoms with van der Waals surface area (Å²) in [7, 11) is -1.73. The molecule has 0 amide bonds. The molecule has 0 saturated carbocycles. The van der Waals surface area contributed by atoms with Crippen molar-refractivity contribution in [3.05, 3.63) is 88.5 Å². The van der Waals surface area contributed by atoms with E-state index in [2.05, 4.69) is 5.32 Å². The molecule has 206 valence electrons. The second-order valence-electron chi connectivity index (χ2n) is 10.3. The fourth-order valence-electron chi connectivity index (χ4n) is 5.70. The highest BCUT2D eigenvalue weighted by Gasteiger charge is 2.38. The Morgan fingerprint density at radius 1 is 0.949 bits per heavy atom. The standard InChI is InChI=1S/C28H29BF5N3O2/c1-16-9-17-10-18(29(38)39)3-5-22(17)28(37(16)26-6-4-19(31)11-23(26)32)27-24(33)12-20(13-25(27)34)35-21-14-36(15-21)8-2-7-30/h3-6,10-13,16,21,28,35,38-39H,2,7-9,14-15H2,1H3/t16-,28+/m1/s1. The van der Waals surface area contributed by atoms with Gasteiger partial charge in [-0.25, -0.2) is 17.6 Å². The summed E-state index contributed by atoms with van der Waals surface area (Å²) in [6.45, 7) is 3.26. The minimum Gasteiger partial charge on any atom is -0.423 e. The molecule has 3 aromatic carbocycles. The molecule has 0 unspecified atom stereocenters. The topological polar surface area (TPSA) is 59.0 Å². The SMILES string of the molecule is C[C@@H]1Cc2cc(B(O)O)ccc2[C@@H](c2c(F)cc(NC3CN(CCCF)C3)cc2F)N1c1ccc(F)cc1F. The Labute approximate surface area is 224 Å². The predicted octanol–water partition coefficient (Wildman–Crippen LogP) is 3.92.